The van der Waals surface area contributed by atoms with Gasteiger partial charge in [0.2, 0.25) is 0 Å². The number of hydrogen-bond acceptors (Lipinski definition) is 1. The summed E-state index contributed by atoms with van der Waals surface area (Å²) in [6, 6.07) is 0. The van der Waals surface area contributed by atoms with Crippen LogP contribution in [0.3, 0.4) is 0 Å². The molecule has 0 bridgehead atoms. The van der Waals surface area contributed by atoms with Crippen LogP contribution in [0.4, 0.5) is 0 Å². The Kier molecular flexibility index (Phi) is 4.42. The van der Waals surface area contributed by atoms with Gasteiger partial charge in [0.25, 0.3) is 0 Å². The summed E-state index contributed by atoms with van der Waals surface area (Å²) in [7, 11) is -1.30. The molecular formula is C12H24OSi. The molecule has 0 unspecified atom stereocenters. The van der Waals surface area contributed by atoms with Crippen LogP contribution in [0.15, 0.2) is 0 Å². The summed E-state index contributed by atoms with van der Waals surface area (Å²) in [5.74, 6) is 3.26. The predicted octanol–water partition coefficient (Wildman–Crippen LogP) is 2.91. The standard InChI is InChI=1S/C12H24OSi/c1-10(8-9-14(5,6)7)11(13)12(2,3)4/h10-11,13H,1-7H3/t10-,11-/m1/s1. The van der Waals surface area contributed by atoms with E-state index in [1.54, 1.807) is 0 Å². The molecule has 0 aliphatic carbocycles. The Hall–Kier alpha value is -0.263. The van der Waals surface area contributed by atoms with Crippen LogP contribution in [-0.4, -0.2) is 19.3 Å². The number of hydrogen-bond donors (Lipinski definition) is 1. The van der Waals surface area contributed by atoms with Crippen LogP contribution in [0, 0.1) is 22.8 Å². The minimum atomic E-state index is -1.30. The van der Waals surface area contributed by atoms with Gasteiger partial charge in [-0.15, -0.1) is 11.5 Å². The molecule has 2 atom stereocenters. The van der Waals surface area contributed by atoms with Gasteiger partial charge in [0, 0.05) is 5.92 Å². The monoisotopic (exact) mass is 212 g/mol. The molecule has 0 amide bonds. The summed E-state index contributed by atoms with van der Waals surface area (Å²) in [5.41, 5.74) is 3.23. The molecule has 1 nitrogen and oxygen atoms in total. The molecule has 0 rings (SSSR count). The lowest BCUT2D eigenvalue weighted by Crippen LogP contribution is -2.32. The smallest absolute Gasteiger partial charge is 0.129 e. The molecular weight excluding hydrogens is 188 g/mol. The van der Waals surface area contributed by atoms with Crippen molar-refractivity contribution in [2.45, 2.75) is 53.4 Å². The molecule has 0 aromatic rings. The van der Waals surface area contributed by atoms with Gasteiger partial charge in [-0.05, 0) is 12.3 Å². The fraction of sp³-hybridized carbons (Fsp3) is 0.833. The highest BCUT2D eigenvalue weighted by Gasteiger charge is 2.26. The Balaban J connectivity index is 4.48. The zero-order chi connectivity index (χ0) is 11.6. The Bertz CT molecular complexity index is 234. The van der Waals surface area contributed by atoms with Crippen LogP contribution in [0.2, 0.25) is 19.6 Å². The first-order valence-corrected chi connectivity index (χ1v) is 8.75. The van der Waals surface area contributed by atoms with Crippen LogP contribution < -0.4 is 0 Å². The van der Waals surface area contributed by atoms with Gasteiger partial charge in [0.15, 0.2) is 0 Å². The SMILES string of the molecule is C[C@H](C#C[Si](C)(C)C)[C@@H](O)C(C)(C)C. The summed E-state index contributed by atoms with van der Waals surface area (Å²) >= 11 is 0. The van der Waals surface area contributed by atoms with E-state index in [-0.39, 0.29) is 17.4 Å². The second-order valence-electron chi connectivity index (χ2n) is 6.12. The number of aliphatic hydroxyl groups is 1. The molecule has 82 valence electrons. The molecule has 0 aromatic carbocycles. The molecule has 0 fully saturated rings. The van der Waals surface area contributed by atoms with Crippen LogP contribution in [0.5, 0.6) is 0 Å². The van der Waals surface area contributed by atoms with Gasteiger partial charge in [0.05, 0.1) is 6.10 Å². The Morgan fingerprint density at radius 1 is 1.14 bits per heavy atom. The van der Waals surface area contributed by atoms with Gasteiger partial charge in [-0.25, -0.2) is 0 Å². The summed E-state index contributed by atoms with van der Waals surface area (Å²) < 4.78 is 0. The second-order valence-corrected chi connectivity index (χ2v) is 10.9. The van der Waals surface area contributed by atoms with Crippen molar-refractivity contribution in [3.63, 3.8) is 0 Å². The van der Waals surface area contributed by atoms with Crippen molar-refractivity contribution >= 4 is 8.07 Å². The van der Waals surface area contributed by atoms with E-state index in [4.69, 9.17) is 0 Å². The number of rotatable bonds is 1. The molecule has 0 spiro atoms. The van der Waals surface area contributed by atoms with Crippen molar-refractivity contribution in [2.75, 3.05) is 0 Å². The number of aliphatic hydroxyl groups excluding tert-OH is 1. The van der Waals surface area contributed by atoms with Crippen molar-refractivity contribution in [2.24, 2.45) is 11.3 Å². The van der Waals surface area contributed by atoms with Crippen LogP contribution in [0.1, 0.15) is 27.7 Å². The average Bonchev–Trinajstić information content (AvgIpc) is 1.95. The minimum Gasteiger partial charge on any atom is -0.391 e. The third kappa shape index (κ3) is 5.46. The van der Waals surface area contributed by atoms with Gasteiger partial charge in [-0.1, -0.05) is 40.4 Å². The highest BCUT2D eigenvalue weighted by atomic mass is 28.3. The highest BCUT2D eigenvalue weighted by molar-refractivity contribution is 6.83. The molecule has 0 saturated heterocycles. The molecule has 2 heteroatoms. The van der Waals surface area contributed by atoms with E-state index in [9.17, 15) is 5.11 Å². The lowest BCUT2D eigenvalue weighted by atomic mass is 9.82. The zero-order valence-corrected chi connectivity index (χ0v) is 11.6. The van der Waals surface area contributed by atoms with E-state index in [0.29, 0.717) is 0 Å². The normalized spacial score (nSPS) is 16.9. The molecule has 14 heavy (non-hydrogen) atoms. The quantitative estimate of drug-likeness (QED) is 0.523. The van der Waals surface area contributed by atoms with E-state index < -0.39 is 8.07 Å². The van der Waals surface area contributed by atoms with Gasteiger partial charge in [-0.3, -0.25) is 0 Å². The maximum atomic E-state index is 9.96. The first-order chi connectivity index (χ1) is 6.04. The topological polar surface area (TPSA) is 20.2 Å². The van der Waals surface area contributed by atoms with Gasteiger partial charge < -0.3 is 5.11 Å². The summed E-state index contributed by atoms with van der Waals surface area (Å²) in [5, 5.41) is 9.96. The van der Waals surface area contributed by atoms with Crippen LogP contribution >= 0.6 is 0 Å². The Labute approximate surface area is 89.9 Å². The van der Waals surface area contributed by atoms with Gasteiger partial charge >= 0.3 is 0 Å². The lowest BCUT2D eigenvalue weighted by molar-refractivity contribution is 0.0367. The molecule has 0 heterocycles. The average molecular weight is 212 g/mol. The summed E-state index contributed by atoms with van der Waals surface area (Å²) in [6.45, 7) is 14.8. The summed E-state index contributed by atoms with van der Waals surface area (Å²) in [6.07, 6.45) is -0.341. The van der Waals surface area contributed by atoms with Crippen molar-refractivity contribution in [3.05, 3.63) is 0 Å². The maximum Gasteiger partial charge on any atom is 0.129 e. The van der Waals surface area contributed by atoms with E-state index >= 15 is 0 Å². The fourth-order valence-electron chi connectivity index (χ4n) is 1.16. The van der Waals surface area contributed by atoms with Gasteiger partial charge in [-0.2, -0.15) is 0 Å². The highest BCUT2D eigenvalue weighted by Crippen LogP contribution is 2.24. The Morgan fingerprint density at radius 3 is 1.86 bits per heavy atom. The molecule has 0 radical (unpaired) electrons. The molecule has 0 aliphatic rings. The molecule has 0 aromatic heterocycles. The molecule has 0 saturated carbocycles. The van der Waals surface area contributed by atoms with Gasteiger partial charge in [0.1, 0.15) is 8.07 Å². The van der Waals surface area contributed by atoms with Crippen molar-refractivity contribution in [1.29, 1.82) is 0 Å². The summed E-state index contributed by atoms with van der Waals surface area (Å²) in [4.78, 5) is 0. The van der Waals surface area contributed by atoms with Crippen LogP contribution in [0.25, 0.3) is 0 Å². The van der Waals surface area contributed by atoms with Crippen LogP contribution in [-0.2, 0) is 0 Å². The largest absolute Gasteiger partial charge is 0.391 e. The fourth-order valence-corrected chi connectivity index (χ4v) is 1.82. The lowest BCUT2D eigenvalue weighted by Gasteiger charge is -2.28. The first-order valence-electron chi connectivity index (χ1n) is 5.25. The third-order valence-corrected chi connectivity index (χ3v) is 2.93. The van der Waals surface area contributed by atoms with E-state index in [1.807, 2.05) is 27.7 Å². The van der Waals surface area contributed by atoms with E-state index in [0.717, 1.165) is 0 Å². The van der Waals surface area contributed by atoms with Crippen molar-refractivity contribution < 1.29 is 5.11 Å². The first kappa shape index (κ1) is 13.7. The molecule has 0 aliphatic heterocycles. The zero-order valence-electron chi connectivity index (χ0n) is 10.6. The second kappa shape index (κ2) is 4.50. The van der Waals surface area contributed by atoms with Crippen molar-refractivity contribution in [1.82, 2.24) is 0 Å². The predicted molar refractivity (Wildman–Crippen MR) is 65.7 cm³/mol. The van der Waals surface area contributed by atoms with E-state index in [1.165, 1.54) is 0 Å². The minimum absolute atomic E-state index is 0.0710. The molecule has 1 N–H and O–H groups in total. The van der Waals surface area contributed by atoms with Crippen molar-refractivity contribution in [3.8, 4) is 11.5 Å². The maximum absolute atomic E-state index is 9.96. The third-order valence-electron chi connectivity index (χ3n) is 2.04. The Morgan fingerprint density at radius 2 is 1.57 bits per heavy atom. The van der Waals surface area contributed by atoms with E-state index in [2.05, 4.69) is 31.1 Å².